The fourth-order valence-corrected chi connectivity index (χ4v) is 5.42. The Labute approximate surface area is 186 Å². The molecule has 3 aromatic carbocycles. The van der Waals surface area contributed by atoms with E-state index in [9.17, 15) is 12.8 Å². The van der Waals surface area contributed by atoms with E-state index in [0.29, 0.717) is 45.4 Å². The SMILES string of the molecule is COc1cc2c(cc1OC)N(Cc1ccc(F)cc1)S(=O)(=O)c1cc(OC)c(OC)cc1-2. The second-order valence-electron chi connectivity index (χ2n) is 7.07. The second-order valence-corrected chi connectivity index (χ2v) is 8.90. The van der Waals surface area contributed by atoms with Crippen LogP contribution in [-0.2, 0) is 16.6 Å². The number of ether oxygens (including phenoxy) is 4. The maximum absolute atomic E-state index is 13.7. The molecule has 0 atom stereocenters. The highest BCUT2D eigenvalue weighted by molar-refractivity contribution is 7.93. The molecule has 0 bridgehead atoms. The molecule has 168 valence electrons. The van der Waals surface area contributed by atoms with Crippen molar-refractivity contribution in [3.63, 3.8) is 0 Å². The van der Waals surface area contributed by atoms with Crippen LogP contribution in [0.25, 0.3) is 11.1 Å². The smallest absolute Gasteiger partial charge is 0.265 e. The summed E-state index contributed by atoms with van der Waals surface area (Å²) in [5.74, 6) is 1.13. The van der Waals surface area contributed by atoms with E-state index in [-0.39, 0.29) is 11.4 Å². The molecule has 0 saturated heterocycles. The highest BCUT2D eigenvalue weighted by atomic mass is 32.2. The molecule has 1 aliphatic heterocycles. The Balaban J connectivity index is 2.00. The zero-order chi connectivity index (χ0) is 23.0. The molecule has 3 aromatic rings. The molecular weight excluding hydrogens is 437 g/mol. The minimum Gasteiger partial charge on any atom is -0.493 e. The van der Waals surface area contributed by atoms with Gasteiger partial charge in [-0.1, -0.05) is 12.1 Å². The fraction of sp³-hybridized carbons (Fsp3) is 0.217. The lowest BCUT2D eigenvalue weighted by Gasteiger charge is -2.33. The third-order valence-corrected chi connectivity index (χ3v) is 7.15. The number of benzene rings is 3. The molecule has 0 saturated carbocycles. The van der Waals surface area contributed by atoms with E-state index in [1.807, 2.05) is 0 Å². The first kappa shape index (κ1) is 21.8. The third kappa shape index (κ3) is 3.48. The van der Waals surface area contributed by atoms with Gasteiger partial charge in [0.15, 0.2) is 23.0 Å². The minimum atomic E-state index is -4.00. The Kier molecular flexibility index (Phi) is 5.60. The van der Waals surface area contributed by atoms with Gasteiger partial charge < -0.3 is 18.9 Å². The maximum atomic E-state index is 13.7. The molecule has 0 fully saturated rings. The van der Waals surface area contributed by atoms with Crippen molar-refractivity contribution in [3.8, 4) is 34.1 Å². The van der Waals surface area contributed by atoms with Crippen molar-refractivity contribution >= 4 is 15.7 Å². The summed E-state index contributed by atoms with van der Waals surface area (Å²) in [4.78, 5) is 0.0666. The lowest BCUT2D eigenvalue weighted by atomic mass is 10.0. The van der Waals surface area contributed by atoms with Crippen molar-refractivity contribution in [3.05, 3.63) is 59.9 Å². The molecule has 1 aliphatic rings. The largest absolute Gasteiger partial charge is 0.493 e. The monoisotopic (exact) mass is 459 g/mol. The summed E-state index contributed by atoms with van der Waals surface area (Å²) in [5.41, 5.74) is 2.11. The quantitative estimate of drug-likeness (QED) is 0.549. The van der Waals surface area contributed by atoms with Gasteiger partial charge in [0, 0.05) is 23.3 Å². The predicted octanol–water partition coefficient (Wildman–Crippen LogP) is 4.24. The first-order chi connectivity index (χ1) is 15.3. The van der Waals surface area contributed by atoms with Gasteiger partial charge in [0.05, 0.1) is 45.6 Å². The molecule has 0 unspecified atom stereocenters. The van der Waals surface area contributed by atoms with E-state index in [1.54, 1.807) is 30.3 Å². The predicted molar refractivity (Wildman–Crippen MR) is 118 cm³/mol. The van der Waals surface area contributed by atoms with Crippen molar-refractivity contribution in [2.45, 2.75) is 11.4 Å². The molecule has 0 amide bonds. The Morgan fingerprint density at radius 2 is 1.25 bits per heavy atom. The van der Waals surface area contributed by atoms with Gasteiger partial charge in [-0.05, 0) is 29.8 Å². The van der Waals surface area contributed by atoms with E-state index in [2.05, 4.69) is 0 Å². The Morgan fingerprint density at radius 1 is 0.750 bits per heavy atom. The average molecular weight is 459 g/mol. The molecule has 32 heavy (non-hydrogen) atoms. The summed E-state index contributed by atoms with van der Waals surface area (Å²) in [6, 6.07) is 12.1. The number of halogens is 1. The highest BCUT2D eigenvalue weighted by Gasteiger charge is 2.37. The van der Waals surface area contributed by atoms with Gasteiger partial charge in [0.25, 0.3) is 10.0 Å². The molecule has 0 radical (unpaired) electrons. The van der Waals surface area contributed by atoms with Crippen molar-refractivity contribution in [1.29, 1.82) is 0 Å². The van der Waals surface area contributed by atoms with Gasteiger partial charge in [-0.2, -0.15) is 0 Å². The van der Waals surface area contributed by atoms with Gasteiger partial charge in [0.1, 0.15) is 5.82 Å². The second kappa shape index (κ2) is 8.23. The molecule has 4 rings (SSSR count). The topological polar surface area (TPSA) is 74.3 Å². The van der Waals surface area contributed by atoms with Crippen LogP contribution in [0.1, 0.15) is 5.56 Å². The molecular formula is C23H22FNO6S. The van der Waals surface area contributed by atoms with Gasteiger partial charge >= 0.3 is 0 Å². The zero-order valence-electron chi connectivity index (χ0n) is 18.0. The fourth-order valence-electron chi connectivity index (χ4n) is 3.75. The first-order valence-corrected chi connectivity index (χ1v) is 11.1. The number of sulfonamides is 1. The Bertz CT molecular complexity index is 1270. The molecule has 0 aliphatic carbocycles. The van der Waals surface area contributed by atoms with E-state index in [4.69, 9.17) is 18.9 Å². The van der Waals surface area contributed by atoms with E-state index < -0.39 is 15.8 Å². The van der Waals surface area contributed by atoms with Crippen molar-refractivity contribution in [2.24, 2.45) is 0 Å². The standard InChI is InChI=1S/C23H22FNO6S/c1-28-19-9-16-17-10-20(29-2)22(31-4)12-23(17)32(26,27)25(18(16)11-21(19)30-3)13-14-5-7-15(24)8-6-14/h5-12H,13H2,1-4H3. The molecule has 0 aromatic heterocycles. The zero-order valence-corrected chi connectivity index (χ0v) is 18.8. The van der Waals surface area contributed by atoms with Crippen LogP contribution in [0, 0.1) is 5.82 Å². The lowest BCUT2D eigenvalue weighted by molar-refractivity contribution is 0.353. The summed E-state index contributed by atoms with van der Waals surface area (Å²) < 4.78 is 63.8. The summed E-state index contributed by atoms with van der Waals surface area (Å²) in [6.45, 7) is -0.00111. The van der Waals surface area contributed by atoms with E-state index in [1.165, 1.54) is 50.9 Å². The molecule has 9 heteroatoms. The normalized spacial score (nSPS) is 13.7. The molecule has 0 spiro atoms. The Morgan fingerprint density at radius 3 is 1.81 bits per heavy atom. The van der Waals surface area contributed by atoms with Crippen molar-refractivity contribution in [2.75, 3.05) is 32.7 Å². The maximum Gasteiger partial charge on any atom is 0.265 e. The van der Waals surface area contributed by atoms with Gasteiger partial charge in [-0.3, -0.25) is 4.31 Å². The average Bonchev–Trinajstić information content (AvgIpc) is 2.81. The molecule has 1 heterocycles. The van der Waals surface area contributed by atoms with Crippen molar-refractivity contribution in [1.82, 2.24) is 0 Å². The van der Waals surface area contributed by atoms with E-state index in [0.717, 1.165) is 0 Å². The van der Waals surface area contributed by atoms with Gasteiger partial charge in [-0.15, -0.1) is 0 Å². The minimum absolute atomic E-state index is 0.00111. The van der Waals surface area contributed by atoms with Crippen LogP contribution in [-0.4, -0.2) is 36.9 Å². The van der Waals surface area contributed by atoms with Gasteiger partial charge in [0.2, 0.25) is 0 Å². The van der Waals surface area contributed by atoms with E-state index >= 15 is 0 Å². The molecule has 0 N–H and O–H groups in total. The first-order valence-electron chi connectivity index (χ1n) is 9.63. The van der Waals surface area contributed by atoms with Crippen LogP contribution in [0.15, 0.2) is 53.4 Å². The van der Waals surface area contributed by atoms with Gasteiger partial charge in [-0.25, -0.2) is 12.8 Å². The summed E-state index contributed by atoms with van der Waals surface area (Å²) in [7, 11) is 1.92. The number of hydrogen-bond donors (Lipinski definition) is 0. The number of rotatable bonds is 6. The summed E-state index contributed by atoms with van der Waals surface area (Å²) in [6.07, 6.45) is 0. The van der Waals surface area contributed by atoms with Crippen LogP contribution >= 0.6 is 0 Å². The summed E-state index contributed by atoms with van der Waals surface area (Å²) >= 11 is 0. The van der Waals surface area contributed by atoms with Crippen LogP contribution in [0.4, 0.5) is 10.1 Å². The number of anilines is 1. The van der Waals surface area contributed by atoms with Crippen LogP contribution in [0.3, 0.4) is 0 Å². The van der Waals surface area contributed by atoms with Crippen molar-refractivity contribution < 1.29 is 31.8 Å². The lowest BCUT2D eigenvalue weighted by Crippen LogP contribution is -2.34. The third-order valence-electron chi connectivity index (χ3n) is 5.35. The summed E-state index contributed by atoms with van der Waals surface area (Å²) in [5, 5.41) is 0. The molecule has 7 nitrogen and oxygen atoms in total. The number of fused-ring (bicyclic) bond motifs is 3. The van der Waals surface area contributed by atoms with Crippen LogP contribution in [0.5, 0.6) is 23.0 Å². The van der Waals surface area contributed by atoms with Crippen LogP contribution < -0.4 is 23.3 Å². The number of nitrogens with zero attached hydrogens (tertiary/aromatic N) is 1. The highest BCUT2D eigenvalue weighted by Crippen LogP contribution is 2.50. The number of hydrogen-bond acceptors (Lipinski definition) is 6. The number of methoxy groups -OCH3 is 4. The van der Waals surface area contributed by atoms with Crippen LogP contribution in [0.2, 0.25) is 0 Å². The Hall–Kier alpha value is -3.46.